The van der Waals surface area contributed by atoms with E-state index in [2.05, 4.69) is 23.8 Å². The first kappa shape index (κ1) is 27.7. The zero-order chi connectivity index (χ0) is 26.9. The van der Waals surface area contributed by atoms with Crippen LogP contribution in [0, 0.1) is 10.1 Å². The van der Waals surface area contributed by atoms with Gasteiger partial charge in [-0.3, -0.25) is 0 Å². The summed E-state index contributed by atoms with van der Waals surface area (Å²) in [5, 5.41) is 8.73. The summed E-state index contributed by atoms with van der Waals surface area (Å²) < 4.78 is 123. The lowest BCUT2D eigenvalue weighted by Crippen LogP contribution is -2.41. The van der Waals surface area contributed by atoms with E-state index in [-0.39, 0.29) is 24.3 Å². The quantitative estimate of drug-likeness (QED) is 0.107. The molecular formula is C16H13F8NO9S. The fraction of sp³-hybridized carbons (Fsp3) is 0.375. The number of carbonyl (C=O) groups is 2. The van der Waals surface area contributed by atoms with Gasteiger partial charge in [0.05, 0.1) is 5.57 Å². The van der Waals surface area contributed by atoms with Crippen LogP contribution in [0.2, 0.25) is 0 Å². The number of nitrogens with zero attached hydrogens (tertiary/aromatic N) is 1. The van der Waals surface area contributed by atoms with Crippen molar-refractivity contribution in [2.45, 2.75) is 30.4 Å². The predicted octanol–water partition coefficient (Wildman–Crippen LogP) is 5.30. The lowest BCUT2D eigenvalue weighted by molar-refractivity contribution is -0.757. The van der Waals surface area contributed by atoms with E-state index in [0.29, 0.717) is 0 Å². The van der Waals surface area contributed by atoms with Crippen molar-refractivity contribution in [3.63, 3.8) is 0 Å². The van der Waals surface area contributed by atoms with E-state index in [4.69, 9.17) is 0 Å². The highest BCUT2D eigenvalue weighted by atomic mass is 32.5. The Hall–Kier alpha value is -3.51. The van der Waals surface area contributed by atoms with Gasteiger partial charge in [0.1, 0.15) is 23.9 Å². The second kappa shape index (κ2) is 8.61. The van der Waals surface area contributed by atoms with E-state index in [0.717, 1.165) is 6.92 Å². The van der Waals surface area contributed by atoms with Crippen LogP contribution in [0.25, 0.3) is 6.08 Å². The van der Waals surface area contributed by atoms with Crippen LogP contribution in [0.1, 0.15) is 12.5 Å². The Morgan fingerprint density at radius 2 is 1.77 bits per heavy atom. The van der Waals surface area contributed by atoms with Crippen molar-refractivity contribution in [3.8, 4) is 5.75 Å². The largest absolute Gasteiger partial charge is 0.511 e. The number of rotatable bonds is 8. The van der Waals surface area contributed by atoms with Crippen LogP contribution in [0.3, 0.4) is 0 Å². The van der Waals surface area contributed by atoms with Crippen LogP contribution in [-0.2, 0) is 23.8 Å². The van der Waals surface area contributed by atoms with Crippen LogP contribution >= 0.6 is 10.2 Å². The van der Waals surface area contributed by atoms with Gasteiger partial charge >= 0.3 is 28.5 Å². The molecule has 0 saturated carbocycles. The summed E-state index contributed by atoms with van der Waals surface area (Å²) in [6.07, 6.45) is -11.7. The molecule has 19 heteroatoms. The third-order valence-electron chi connectivity index (χ3n) is 3.83. The van der Waals surface area contributed by atoms with Crippen LogP contribution < -0.4 is 4.74 Å². The zero-order valence-corrected chi connectivity index (χ0v) is 17.7. The van der Waals surface area contributed by atoms with Crippen molar-refractivity contribution in [1.82, 2.24) is 0 Å². The number of esters is 1. The molecule has 1 heterocycles. The predicted molar refractivity (Wildman–Crippen MR) is 97.2 cm³/mol. The Labute approximate surface area is 189 Å². The molecule has 1 aliphatic heterocycles. The summed E-state index contributed by atoms with van der Waals surface area (Å²) in [5.41, 5.74) is -2.37. The maximum absolute atomic E-state index is 13.4. The van der Waals surface area contributed by atoms with Crippen LogP contribution in [0.4, 0.5) is 37.4 Å². The smallest absolute Gasteiger partial charge is 0.475 e. The van der Waals surface area contributed by atoms with Crippen molar-refractivity contribution < 1.29 is 71.1 Å². The molecule has 1 aromatic carbocycles. The van der Waals surface area contributed by atoms with Gasteiger partial charge in [0.2, 0.25) is 12.4 Å². The number of fused-ring (bicyclic) bond motifs is 1. The number of hydrogen-bond donors (Lipinski definition) is 0. The van der Waals surface area contributed by atoms with Crippen LogP contribution in [0.5, 0.6) is 5.75 Å². The van der Waals surface area contributed by atoms with Gasteiger partial charge in [0.25, 0.3) is 5.09 Å². The molecule has 0 aromatic heterocycles. The molecule has 35 heavy (non-hydrogen) atoms. The van der Waals surface area contributed by atoms with Gasteiger partial charge in [-0.15, -0.1) is 10.1 Å². The van der Waals surface area contributed by atoms with Crippen molar-refractivity contribution >= 4 is 28.4 Å². The molecule has 1 aliphatic rings. The average Bonchev–Trinajstić information content (AvgIpc) is 2.67. The molecule has 198 valence electrons. The van der Waals surface area contributed by atoms with E-state index >= 15 is 0 Å². The minimum atomic E-state index is -10.2. The van der Waals surface area contributed by atoms with Crippen LogP contribution in [-0.4, -0.2) is 49.0 Å². The van der Waals surface area contributed by atoms with Crippen molar-refractivity contribution in [3.05, 3.63) is 39.4 Å². The first-order valence-electron chi connectivity index (χ1n) is 8.82. The molecule has 10 nitrogen and oxygen atoms in total. The highest BCUT2D eigenvalue weighted by molar-refractivity contribution is 8.45. The molecule has 0 amide bonds. The van der Waals surface area contributed by atoms with E-state index in [1.165, 1.54) is 0 Å². The number of carbonyl (C=O) groups excluding carboxylic acids is 2. The molecule has 0 aliphatic carbocycles. The second-order valence-corrected chi connectivity index (χ2v) is 8.96. The Balaban J connectivity index is 2.23. The van der Waals surface area contributed by atoms with Crippen molar-refractivity contribution in [1.29, 1.82) is 0 Å². The normalized spacial score (nSPS) is 18.4. The van der Waals surface area contributed by atoms with E-state index in [1.54, 1.807) is 0 Å². The van der Waals surface area contributed by atoms with Crippen molar-refractivity contribution in [2.75, 3.05) is 13.2 Å². The van der Waals surface area contributed by atoms with Gasteiger partial charge < -0.3 is 23.8 Å². The second-order valence-electron chi connectivity index (χ2n) is 6.55. The summed E-state index contributed by atoms with van der Waals surface area (Å²) >= 11 is 0. The van der Waals surface area contributed by atoms with Gasteiger partial charge in [-0.2, -0.15) is 13.2 Å². The Morgan fingerprint density at radius 1 is 1.14 bits per heavy atom. The number of ether oxygens (including phenoxy) is 4. The minimum absolute atomic E-state index is 0.163. The number of halogens is 8. The third kappa shape index (κ3) is 7.76. The highest BCUT2D eigenvalue weighted by Crippen LogP contribution is 3.02. The highest BCUT2D eigenvalue weighted by Gasteiger charge is 2.65. The third-order valence-corrected chi connectivity index (χ3v) is 4.98. The van der Waals surface area contributed by atoms with Gasteiger partial charge in [0, 0.05) is 12.5 Å². The molecule has 2 unspecified atom stereocenters. The lowest BCUT2D eigenvalue weighted by Gasteiger charge is -2.41. The maximum atomic E-state index is 13.4. The van der Waals surface area contributed by atoms with E-state index < -0.39 is 81.0 Å². The molecule has 0 saturated heterocycles. The molecule has 0 fully saturated rings. The summed E-state index contributed by atoms with van der Waals surface area (Å²) in [5.74, 6) is -2.76. The Bertz CT molecular complexity index is 1060. The molecule has 0 radical (unpaired) electrons. The number of hydrogen-bond acceptors (Lipinski definition) is 9. The monoisotopic (exact) mass is 547 g/mol. The standard InChI is InChI=1S/C16H13F8NO9S/c1-8(33-15(27)30-4-5-31-25(28)29)32-14(26)11-7-9-6-10(35(20,21,22,23)24)2-3-12(9)34-13(11)16(17,18)19/h2-3,6-8,13H,4-5H2,1H3. The summed E-state index contributed by atoms with van der Waals surface area (Å²) in [6, 6.07) is -0.116. The van der Waals surface area contributed by atoms with E-state index in [9.17, 15) is 52.3 Å². The molecule has 0 bridgehead atoms. The average molecular weight is 547 g/mol. The molecule has 1 aromatic rings. The van der Waals surface area contributed by atoms with E-state index in [1.807, 2.05) is 0 Å². The molecule has 2 atom stereocenters. The minimum Gasteiger partial charge on any atom is -0.475 e. The summed E-state index contributed by atoms with van der Waals surface area (Å²) in [6.45, 7) is -0.561. The Morgan fingerprint density at radius 3 is 2.31 bits per heavy atom. The Kier molecular flexibility index (Phi) is 6.82. The number of benzene rings is 1. The van der Waals surface area contributed by atoms with Crippen molar-refractivity contribution in [2.24, 2.45) is 0 Å². The first-order valence-corrected chi connectivity index (χ1v) is 10.8. The zero-order valence-electron chi connectivity index (χ0n) is 16.9. The van der Waals surface area contributed by atoms with Gasteiger partial charge in [0.15, 0.2) is 0 Å². The SMILES string of the molecule is CC(OC(=O)OCCO[N+](=O)[O-])OC(=O)C1=Cc2cc(S(F)(F)(F)(F)F)ccc2OC1C(F)(F)F. The van der Waals surface area contributed by atoms with Crippen LogP contribution in [0.15, 0.2) is 28.7 Å². The maximum Gasteiger partial charge on any atom is 0.511 e. The number of alkyl halides is 3. The first-order chi connectivity index (χ1) is 15.7. The topological polar surface area (TPSA) is 123 Å². The molecule has 0 N–H and O–H groups in total. The van der Waals surface area contributed by atoms with Gasteiger partial charge in [-0.25, -0.2) is 9.59 Å². The fourth-order valence-corrected chi connectivity index (χ4v) is 3.15. The molecule has 0 spiro atoms. The van der Waals surface area contributed by atoms with Gasteiger partial charge in [-0.05, 0) is 24.3 Å². The van der Waals surface area contributed by atoms with Gasteiger partial charge in [-0.1, -0.05) is 19.4 Å². The molecule has 2 rings (SSSR count). The lowest BCUT2D eigenvalue weighted by atomic mass is 10.0. The summed E-state index contributed by atoms with van der Waals surface area (Å²) in [4.78, 5) is 34.9. The fourth-order valence-electron chi connectivity index (χ4n) is 2.48. The molecular weight excluding hydrogens is 534 g/mol. The summed E-state index contributed by atoms with van der Waals surface area (Å²) in [7, 11) is -10.2.